The fourth-order valence-electron chi connectivity index (χ4n) is 4.52. The van der Waals surface area contributed by atoms with E-state index in [0.29, 0.717) is 24.3 Å². The highest BCUT2D eigenvalue weighted by Gasteiger charge is 2.22. The Morgan fingerprint density at radius 2 is 1.60 bits per heavy atom. The summed E-state index contributed by atoms with van der Waals surface area (Å²) in [5.74, 6) is 0.737. The second-order valence-corrected chi connectivity index (χ2v) is 12.0. The SMILES string of the molecule is COc1ccc(OC)c2sc(N3CCN(CCNC(=O)c4ccc(NS(=O)(=O)c5ccc(F)cc5)cc4)CC3)nc12.Cl. The molecule has 0 unspecified atom stereocenters. The molecule has 42 heavy (non-hydrogen) atoms. The Kier molecular flexibility index (Phi) is 10.1. The van der Waals surface area contributed by atoms with Crippen LogP contribution >= 0.6 is 23.7 Å². The van der Waals surface area contributed by atoms with Gasteiger partial charge in [-0.25, -0.2) is 17.8 Å². The van der Waals surface area contributed by atoms with Crippen molar-refractivity contribution in [2.24, 2.45) is 0 Å². The average Bonchev–Trinajstić information content (AvgIpc) is 3.43. The molecule has 1 aromatic heterocycles. The molecule has 3 aromatic carbocycles. The van der Waals surface area contributed by atoms with E-state index < -0.39 is 15.8 Å². The summed E-state index contributed by atoms with van der Waals surface area (Å²) in [6.45, 7) is 4.48. The monoisotopic (exact) mass is 635 g/mol. The molecule has 10 nitrogen and oxygen atoms in total. The summed E-state index contributed by atoms with van der Waals surface area (Å²) in [6, 6.07) is 14.4. The number of hydrogen-bond acceptors (Lipinski definition) is 9. The Morgan fingerprint density at radius 3 is 2.24 bits per heavy atom. The first kappa shape index (κ1) is 31.3. The number of amides is 1. The summed E-state index contributed by atoms with van der Waals surface area (Å²) < 4.78 is 52.4. The number of sulfonamides is 1. The molecule has 1 amide bonds. The van der Waals surface area contributed by atoms with Gasteiger partial charge in [-0.2, -0.15) is 0 Å². The van der Waals surface area contributed by atoms with E-state index in [-0.39, 0.29) is 23.2 Å². The molecular weight excluding hydrogens is 605 g/mol. The van der Waals surface area contributed by atoms with Gasteiger partial charge in [0.15, 0.2) is 5.13 Å². The Bertz CT molecular complexity index is 1590. The zero-order chi connectivity index (χ0) is 29.0. The van der Waals surface area contributed by atoms with Crippen LogP contribution in [0, 0.1) is 5.82 Å². The molecule has 2 N–H and O–H groups in total. The minimum Gasteiger partial charge on any atom is -0.495 e. The first-order valence-electron chi connectivity index (χ1n) is 12.9. The van der Waals surface area contributed by atoms with Gasteiger partial charge in [-0.15, -0.1) is 12.4 Å². The first-order valence-corrected chi connectivity index (χ1v) is 15.2. The van der Waals surface area contributed by atoms with Gasteiger partial charge in [-0.1, -0.05) is 11.3 Å². The second kappa shape index (κ2) is 13.6. The number of methoxy groups -OCH3 is 2. The van der Waals surface area contributed by atoms with Crippen molar-refractivity contribution in [3.8, 4) is 11.5 Å². The molecule has 0 bridgehead atoms. The number of carbonyl (C=O) groups is 1. The number of piperazine rings is 1. The molecule has 1 fully saturated rings. The van der Waals surface area contributed by atoms with Crippen LogP contribution < -0.4 is 24.4 Å². The lowest BCUT2D eigenvalue weighted by Crippen LogP contribution is -2.48. The number of aromatic nitrogens is 1. The number of fused-ring (bicyclic) bond motifs is 1. The van der Waals surface area contributed by atoms with Crippen molar-refractivity contribution < 1.29 is 27.1 Å². The van der Waals surface area contributed by atoms with Crippen LogP contribution in [0.15, 0.2) is 65.6 Å². The number of hydrogen-bond donors (Lipinski definition) is 2. The lowest BCUT2D eigenvalue weighted by Gasteiger charge is -2.34. The van der Waals surface area contributed by atoms with Gasteiger partial charge in [0.1, 0.15) is 27.5 Å². The van der Waals surface area contributed by atoms with E-state index in [0.717, 1.165) is 65.2 Å². The van der Waals surface area contributed by atoms with Crippen molar-refractivity contribution in [1.82, 2.24) is 15.2 Å². The summed E-state index contributed by atoms with van der Waals surface area (Å²) in [6.07, 6.45) is 0. The lowest BCUT2D eigenvalue weighted by atomic mass is 10.2. The molecule has 1 aliphatic heterocycles. The van der Waals surface area contributed by atoms with E-state index in [1.54, 1.807) is 37.7 Å². The van der Waals surface area contributed by atoms with E-state index >= 15 is 0 Å². The third kappa shape index (κ3) is 7.04. The molecule has 0 radical (unpaired) electrons. The molecular formula is C28H31ClFN5O5S2. The van der Waals surface area contributed by atoms with E-state index in [9.17, 15) is 17.6 Å². The van der Waals surface area contributed by atoms with Gasteiger partial charge in [0.05, 0.1) is 19.1 Å². The van der Waals surface area contributed by atoms with Crippen molar-refractivity contribution >= 4 is 60.7 Å². The second-order valence-electron chi connectivity index (χ2n) is 9.37. The number of nitrogens with zero attached hydrogens (tertiary/aromatic N) is 3. The number of carbonyl (C=O) groups excluding carboxylic acids is 1. The van der Waals surface area contributed by atoms with E-state index in [1.165, 1.54) is 24.3 Å². The molecule has 1 saturated heterocycles. The molecule has 1 aliphatic rings. The maximum Gasteiger partial charge on any atom is 0.261 e. The number of anilines is 2. The van der Waals surface area contributed by atoms with E-state index in [1.807, 2.05) is 12.1 Å². The van der Waals surface area contributed by atoms with Crippen LogP contribution in [0.4, 0.5) is 15.2 Å². The van der Waals surface area contributed by atoms with Gasteiger partial charge in [-0.3, -0.25) is 14.4 Å². The normalized spacial score (nSPS) is 13.8. The number of nitrogens with one attached hydrogen (secondary N) is 2. The maximum absolute atomic E-state index is 13.1. The quantitative estimate of drug-likeness (QED) is 0.266. The van der Waals surface area contributed by atoms with Crippen molar-refractivity contribution in [1.29, 1.82) is 0 Å². The number of rotatable bonds is 10. The fourth-order valence-corrected chi connectivity index (χ4v) is 6.70. The van der Waals surface area contributed by atoms with Gasteiger partial charge in [0.25, 0.3) is 15.9 Å². The molecule has 224 valence electrons. The van der Waals surface area contributed by atoms with Crippen molar-refractivity contribution in [2.45, 2.75) is 4.90 Å². The van der Waals surface area contributed by atoms with Crippen molar-refractivity contribution in [2.75, 3.05) is 63.1 Å². The Hall–Kier alpha value is -3.65. The van der Waals surface area contributed by atoms with E-state index in [2.05, 4.69) is 19.8 Å². The topological polar surface area (TPSA) is 113 Å². The lowest BCUT2D eigenvalue weighted by molar-refractivity contribution is 0.0948. The third-order valence-corrected chi connectivity index (χ3v) is 9.31. The standard InChI is InChI=1S/C28H30FN5O5S2.ClH/c1-38-23-11-12-24(39-2)26-25(23)31-28(40-26)34-17-15-33(16-18-34)14-13-30-27(35)19-3-7-21(8-4-19)32-41(36,37)22-9-5-20(29)6-10-22;/h3-12,32H,13-18H2,1-2H3,(H,30,35);1H. The van der Waals surface area contributed by atoms with Gasteiger partial charge in [0.2, 0.25) is 0 Å². The molecule has 2 heterocycles. The highest BCUT2D eigenvalue weighted by molar-refractivity contribution is 7.92. The summed E-state index contributed by atoms with van der Waals surface area (Å²) in [5.41, 5.74) is 1.52. The van der Waals surface area contributed by atoms with Crippen LogP contribution in [0.1, 0.15) is 10.4 Å². The molecule has 0 saturated carbocycles. The minimum atomic E-state index is -3.87. The fraction of sp³-hybridized carbons (Fsp3) is 0.286. The Balaban J connectivity index is 0.00000405. The van der Waals surface area contributed by atoms with Gasteiger partial charge < -0.3 is 19.7 Å². The number of halogens is 2. The summed E-state index contributed by atoms with van der Waals surface area (Å²) in [5, 5.41) is 3.85. The largest absolute Gasteiger partial charge is 0.495 e. The zero-order valence-corrected chi connectivity index (χ0v) is 25.5. The highest BCUT2D eigenvalue weighted by atomic mass is 35.5. The zero-order valence-electron chi connectivity index (χ0n) is 23.0. The molecule has 0 aliphatic carbocycles. The summed E-state index contributed by atoms with van der Waals surface area (Å²) in [7, 11) is -0.584. The number of benzene rings is 3. The smallest absolute Gasteiger partial charge is 0.261 e. The van der Waals surface area contributed by atoms with Crippen molar-refractivity contribution in [3.05, 3.63) is 72.0 Å². The predicted molar refractivity (Wildman–Crippen MR) is 165 cm³/mol. The number of ether oxygens (including phenoxy) is 2. The van der Waals surface area contributed by atoms with E-state index in [4.69, 9.17) is 14.5 Å². The molecule has 0 atom stereocenters. The maximum atomic E-state index is 13.1. The predicted octanol–water partition coefficient (Wildman–Crippen LogP) is 4.23. The van der Waals surface area contributed by atoms with Gasteiger partial charge in [0, 0.05) is 50.5 Å². The number of thiazole rings is 1. The first-order chi connectivity index (χ1) is 19.8. The minimum absolute atomic E-state index is 0. The molecule has 4 aromatic rings. The van der Waals surface area contributed by atoms with Crippen LogP contribution in [0.2, 0.25) is 0 Å². The van der Waals surface area contributed by atoms with Crippen LogP contribution in [-0.2, 0) is 10.0 Å². The summed E-state index contributed by atoms with van der Waals surface area (Å²) >= 11 is 1.59. The average molecular weight is 636 g/mol. The van der Waals surface area contributed by atoms with Crippen molar-refractivity contribution in [3.63, 3.8) is 0 Å². The molecule has 14 heteroatoms. The molecule has 5 rings (SSSR count). The third-order valence-electron chi connectivity index (χ3n) is 6.78. The Labute approximate surface area is 253 Å². The summed E-state index contributed by atoms with van der Waals surface area (Å²) in [4.78, 5) is 21.9. The highest BCUT2D eigenvalue weighted by Crippen LogP contribution is 2.40. The Morgan fingerprint density at radius 1 is 0.952 bits per heavy atom. The van der Waals surface area contributed by atoms with Gasteiger partial charge >= 0.3 is 0 Å². The van der Waals surface area contributed by atoms with Crippen LogP contribution in [-0.4, -0.2) is 77.7 Å². The van der Waals surface area contributed by atoms with Gasteiger partial charge in [-0.05, 0) is 60.7 Å². The molecule has 0 spiro atoms. The van der Waals surface area contributed by atoms with Crippen LogP contribution in [0.25, 0.3) is 10.2 Å². The van der Waals surface area contributed by atoms with Crippen LogP contribution in [0.3, 0.4) is 0 Å². The van der Waals surface area contributed by atoms with Crippen LogP contribution in [0.5, 0.6) is 11.5 Å².